The minimum atomic E-state index is -0.605. The molecule has 0 aliphatic rings. The van der Waals surface area contributed by atoms with E-state index in [1.165, 1.54) is 25.3 Å². The lowest BCUT2D eigenvalue weighted by molar-refractivity contribution is -0.134. The second kappa shape index (κ2) is 11.0. The summed E-state index contributed by atoms with van der Waals surface area (Å²) in [5, 5.41) is 0. The summed E-state index contributed by atoms with van der Waals surface area (Å²) >= 11 is 0. The Hall–Kier alpha value is -4.13. The van der Waals surface area contributed by atoms with Gasteiger partial charge in [-0.25, -0.2) is 14.0 Å². The van der Waals surface area contributed by atoms with Gasteiger partial charge in [-0.2, -0.15) is 0 Å². The molecule has 0 saturated heterocycles. The van der Waals surface area contributed by atoms with Crippen molar-refractivity contribution in [1.29, 1.82) is 0 Å². The van der Waals surface area contributed by atoms with Crippen LogP contribution in [-0.2, 0) is 19.1 Å². The molecule has 0 aliphatic carbocycles. The van der Waals surface area contributed by atoms with Crippen molar-refractivity contribution in [2.45, 2.75) is 6.92 Å². The van der Waals surface area contributed by atoms with Crippen molar-refractivity contribution in [2.75, 3.05) is 0 Å². The summed E-state index contributed by atoms with van der Waals surface area (Å²) in [5.41, 5.74) is 1.61. The van der Waals surface area contributed by atoms with Crippen molar-refractivity contribution in [3.05, 3.63) is 98.1 Å². The van der Waals surface area contributed by atoms with Crippen LogP contribution in [0.25, 0.3) is 11.1 Å². The second-order valence-electron chi connectivity index (χ2n) is 5.78. The van der Waals surface area contributed by atoms with Gasteiger partial charge >= 0.3 is 11.9 Å². The van der Waals surface area contributed by atoms with Crippen molar-refractivity contribution in [2.24, 2.45) is 0 Å². The second-order valence-corrected chi connectivity index (χ2v) is 5.78. The minimum Gasteiger partial charge on any atom is -0.462 e. The first kappa shape index (κ1) is 22.2. The van der Waals surface area contributed by atoms with E-state index in [9.17, 15) is 14.0 Å². The van der Waals surface area contributed by atoms with E-state index >= 15 is 0 Å². The lowest BCUT2D eigenvalue weighted by atomic mass is 10.1. The van der Waals surface area contributed by atoms with Crippen LogP contribution in [0.4, 0.5) is 4.39 Å². The third-order valence-electron chi connectivity index (χ3n) is 3.50. The fourth-order valence-electron chi connectivity index (χ4n) is 2.04. The van der Waals surface area contributed by atoms with Crippen LogP contribution in [0.3, 0.4) is 0 Å². The number of ether oxygens (including phenoxy) is 4. The molecule has 0 radical (unpaired) electrons. The number of benzene rings is 2. The van der Waals surface area contributed by atoms with Crippen LogP contribution in [0, 0.1) is 5.82 Å². The highest BCUT2D eigenvalue weighted by Gasteiger charge is 2.06. The first-order valence-electron chi connectivity index (χ1n) is 8.63. The smallest absolute Gasteiger partial charge is 0.338 e. The number of rotatable bonds is 9. The molecule has 154 valence electrons. The van der Waals surface area contributed by atoms with Crippen molar-refractivity contribution < 1.29 is 32.9 Å². The average molecular weight is 410 g/mol. The Kier molecular flexibility index (Phi) is 8.14. The maximum Gasteiger partial charge on any atom is 0.338 e. The molecule has 0 bridgehead atoms. The predicted molar refractivity (Wildman–Crippen MR) is 109 cm³/mol. The summed E-state index contributed by atoms with van der Waals surface area (Å²) in [5.74, 6) is -1.31. The molecular formula is C23H19FO6. The average Bonchev–Trinajstić information content (AvgIpc) is 2.75. The number of hydrogen-bond donors (Lipinski definition) is 0. The van der Waals surface area contributed by atoms with Crippen LogP contribution in [0.5, 0.6) is 11.5 Å². The monoisotopic (exact) mass is 410 g/mol. The Balaban J connectivity index is 1.96. The number of esters is 2. The van der Waals surface area contributed by atoms with Gasteiger partial charge in [0.25, 0.3) is 0 Å². The molecule has 6 nitrogen and oxygen atoms in total. The number of carbonyl (C=O) groups excluding carboxylic acids is 2. The van der Waals surface area contributed by atoms with E-state index in [1.54, 1.807) is 30.3 Å². The van der Waals surface area contributed by atoms with Crippen LogP contribution < -0.4 is 9.47 Å². The molecule has 0 heterocycles. The number of halogens is 1. The van der Waals surface area contributed by atoms with Crippen LogP contribution in [0.15, 0.2) is 92.3 Å². The first-order valence-corrected chi connectivity index (χ1v) is 8.63. The normalized spacial score (nSPS) is 10.6. The van der Waals surface area contributed by atoms with Gasteiger partial charge in [0.2, 0.25) is 0 Å². The number of hydrogen-bond acceptors (Lipinski definition) is 6. The molecule has 0 N–H and O–H groups in total. The molecule has 0 unspecified atom stereocenters. The zero-order chi connectivity index (χ0) is 21.9. The summed E-state index contributed by atoms with van der Waals surface area (Å²) in [6.45, 7) is 8.21. The summed E-state index contributed by atoms with van der Waals surface area (Å²) in [6, 6.07) is 11.3. The SMILES string of the molecule is C=CC(=O)O/C=C\Oc1ccc(-c2ccc(O/C=C\OC(=O)C(=C)C)c(F)c2)cc1. The van der Waals surface area contributed by atoms with Crippen molar-refractivity contribution >= 4 is 11.9 Å². The lowest BCUT2D eigenvalue weighted by Crippen LogP contribution is -1.99. The van der Waals surface area contributed by atoms with Crippen molar-refractivity contribution in [1.82, 2.24) is 0 Å². The van der Waals surface area contributed by atoms with Gasteiger partial charge in [0.15, 0.2) is 11.6 Å². The summed E-state index contributed by atoms with van der Waals surface area (Å²) in [6.07, 6.45) is 5.41. The highest BCUT2D eigenvalue weighted by atomic mass is 19.1. The molecule has 2 aromatic rings. The van der Waals surface area contributed by atoms with Gasteiger partial charge < -0.3 is 18.9 Å². The van der Waals surface area contributed by atoms with Gasteiger partial charge in [-0.3, -0.25) is 0 Å². The Labute approximate surface area is 173 Å². The highest BCUT2D eigenvalue weighted by molar-refractivity contribution is 5.87. The molecule has 2 aromatic carbocycles. The molecule has 2 rings (SSSR count). The zero-order valence-electron chi connectivity index (χ0n) is 16.2. The molecular weight excluding hydrogens is 391 g/mol. The molecule has 30 heavy (non-hydrogen) atoms. The van der Waals surface area contributed by atoms with E-state index in [0.29, 0.717) is 11.3 Å². The van der Waals surface area contributed by atoms with Gasteiger partial charge in [-0.05, 0) is 42.3 Å². The van der Waals surface area contributed by atoms with Crippen molar-refractivity contribution in [3.8, 4) is 22.6 Å². The zero-order valence-corrected chi connectivity index (χ0v) is 16.2. The van der Waals surface area contributed by atoms with E-state index in [4.69, 9.17) is 14.2 Å². The van der Waals surface area contributed by atoms with Crippen LogP contribution in [0.1, 0.15) is 6.92 Å². The Morgan fingerprint density at radius 1 is 0.900 bits per heavy atom. The molecule has 0 spiro atoms. The molecule has 7 heteroatoms. The van der Waals surface area contributed by atoms with E-state index in [0.717, 1.165) is 30.4 Å². The summed E-state index contributed by atoms with van der Waals surface area (Å²) in [4.78, 5) is 22.1. The van der Waals surface area contributed by atoms with Crippen LogP contribution >= 0.6 is 0 Å². The van der Waals surface area contributed by atoms with Crippen LogP contribution in [0.2, 0.25) is 0 Å². The van der Waals surface area contributed by atoms with E-state index in [-0.39, 0.29) is 11.3 Å². The maximum absolute atomic E-state index is 14.3. The maximum atomic E-state index is 14.3. The molecule has 0 saturated carbocycles. The Bertz CT molecular complexity index is 989. The molecule has 0 fully saturated rings. The third-order valence-corrected chi connectivity index (χ3v) is 3.50. The molecule has 0 atom stereocenters. The Morgan fingerprint density at radius 3 is 2.17 bits per heavy atom. The van der Waals surface area contributed by atoms with Gasteiger partial charge in [-0.1, -0.05) is 31.4 Å². The predicted octanol–water partition coefficient (Wildman–Crippen LogP) is 5.04. The number of carbonyl (C=O) groups is 2. The van der Waals surface area contributed by atoms with Crippen molar-refractivity contribution in [3.63, 3.8) is 0 Å². The first-order chi connectivity index (χ1) is 14.4. The lowest BCUT2D eigenvalue weighted by Gasteiger charge is -2.07. The summed E-state index contributed by atoms with van der Waals surface area (Å²) < 4.78 is 34.0. The third kappa shape index (κ3) is 6.79. The molecule has 0 amide bonds. The van der Waals surface area contributed by atoms with Gasteiger partial charge in [0, 0.05) is 11.6 Å². The summed E-state index contributed by atoms with van der Waals surface area (Å²) in [7, 11) is 0. The highest BCUT2D eigenvalue weighted by Crippen LogP contribution is 2.27. The quantitative estimate of drug-likeness (QED) is 0.328. The van der Waals surface area contributed by atoms with E-state index < -0.39 is 17.8 Å². The standard InChI is InChI=1S/C23H19FO6/c1-4-22(25)29-13-11-27-19-8-5-17(6-9-19)18-7-10-21(20(24)15-18)28-12-14-30-23(26)16(2)3/h4-15H,1-2H2,3H3/b13-11-,14-12-. The van der Waals surface area contributed by atoms with E-state index in [1.807, 2.05) is 0 Å². The van der Waals surface area contributed by atoms with Gasteiger partial charge in [-0.15, -0.1) is 0 Å². The molecule has 0 aromatic heterocycles. The fourth-order valence-corrected chi connectivity index (χ4v) is 2.04. The Morgan fingerprint density at radius 2 is 1.53 bits per heavy atom. The minimum absolute atomic E-state index is 0.0273. The van der Waals surface area contributed by atoms with Gasteiger partial charge in [0.1, 0.15) is 30.8 Å². The van der Waals surface area contributed by atoms with E-state index in [2.05, 4.69) is 17.9 Å². The van der Waals surface area contributed by atoms with Gasteiger partial charge in [0.05, 0.1) is 0 Å². The topological polar surface area (TPSA) is 71.1 Å². The van der Waals surface area contributed by atoms with Crippen LogP contribution in [-0.4, -0.2) is 11.9 Å². The largest absolute Gasteiger partial charge is 0.462 e. The fraction of sp³-hybridized carbons (Fsp3) is 0.0435. The molecule has 0 aliphatic heterocycles.